The number of halogens is 1. The van der Waals surface area contributed by atoms with Crippen molar-refractivity contribution in [3.05, 3.63) is 16.8 Å². The number of aromatic nitrogens is 4. The first-order chi connectivity index (χ1) is 6.72. The molecule has 1 N–H and O–H groups in total. The van der Waals surface area contributed by atoms with Gasteiger partial charge in [0, 0.05) is 0 Å². The largest absolute Gasteiger partial charge is 0.463 e. The molecule has 2 heterocycles. The fourth-order valence-corrected chi connectivity index (χ4v) is 1.44. The summed E-state index contributed by atoms with van der Waals surface area (Å²) in [4.78, 5) is 25.7. The van der Waals surface area contributed by atoms with Crippen LogP contribution in [0.5, 0.6) is 0 Å². The van der Waals surface area contributed by atoms with Crippen LogP contribution in [-0.2, 0) is 4.74 Å². The molecule has 0 aliphatic heterocycles. The summed E-state index contributed by atoms with van der Waals surface area (Å²) in [6.45, 7) is 0. The Morgan fingerprint density at radius 2 is 2.36 bits per heavy atom. The Morgan fingerprint density at radius 1 is 1.57 bits per heavy atom. The minimum Gasteiger partial charge on any atom is -0.463 e. The Bertz CT molecular complexity index is 495. The number of carbonyl (C=O) groups excluding carboxylic acids is 1. The first-order valence-electron chi connectivity index (χ1n) is 3.67. The van der Waals surface area contributed by atoms with E-state index in [2.05, 4.69) is 40.6 Å². The molecule has 72 valence electrons. The second kappa shape index (κ2) is 3.33. The summed E-state index contributed by atoms with van der Waals surface area (Å²) >= 11 is 3.19. The molecule has 0 saturated heterocycles. The number of carbonyl (C=O) groups is 1. The fourth-order valence-electron chi connectivity index (χ4n) is 0.980. The molecule has 0 atom stereocenters. The number of methoxy groups -OCH3 is 1. The van der Waals surface area contributed by atoms with Crippen molar-refractivity contribution in [2.45, 2.75) is 0 Å². The number of nitrogens with zero attached hydrogens (tertiary/aromatic N) is 3. The van der Waals surface area contributed by atoms with Gasteiger partial charge in [-0.3, -0.25) is 0 Å². The molecule has 7 heteroatoms. The van der Waals surface area contributed by atoms with Gasteiger partial charge in [0.25, 0.3) is 0 Å². The lowest BCUT2D eigenvalue weighted by Gasteiger charge is -1.98. The number of ether oxygens (including phenoxy) is 1. The first-order valence-corrected chi connectivity index (χ1v) is 4.46. The van der Waals surface area contributed by atoms with Crippen LogP contribution in [0.1, 0.15) is 10.6 Å². The quantitative estimate of drug-likeness (QED) is 0.606. The fraction of sp³-hybridized carbons (Fsp3) is 0.143. The number of esters is 1. The number of nitrogens with one attached hydrogen (secondary N) is 1. The Labute approximate surface area is 86.9 Å². The van der Waals surface area contributed by atoms with Gasteiger partial charge in [-0.25, -0.2) is 19.7 Å². The summed E-state index contributed by atoms with van der Waals surface area (Å²) in [6.07, 6.45) is 1.48. The number of H-pyrrole nitrogens is 1. The van der Waals surface area contributed by atoms with E-state index in [-0.39, 0.29) is 5.82 Å². The summed E-state index contributed by atoms with van der Waals surface area (Å²) in [5, 5.41) is 0. The van der Waals surface area contributed by atoms with E-state index in [4.69, 9.17) is 0 Å². The summed E-state index contributed by atoms with van der Waals surface area (Å²) in [7, 11) is 1.27. The Hall–Kier alpha value is -1.50. The maximum absolute atomic E-state index is 11.1. The molecule has 2 aromatic rings. The zero-order chi connectivity index (χ0) is 10.1. The molecule has 0 aliphatic carbocycles. The topological polar surface area (TPSA) is 80.8 Å². The van der Waals surface area contributed by atoms with Crippen LogP contribution in [0.4, 0.5) is 0 Å². The Balaban J connectivity index is 2.64. The van der Waals surface area contributed by atoms with E-state index in [9.17, 15) is 4.79 Å². The minimum absolute atomic E-state index is 0.0148. The smallest absolute Gasteiger partial charge is 0.376 e. The molecule has 6 nitrogen and oxygen atoms in total. The highest BCUT2D eigenvalue weighted by Gasteiger charge is 2.13. The predicted octanol–water partition coefficient (Wildman–Crippen LogP) is 0.902. The molecule has 0 bridgehead atoms. The van der Waals surface area contributed by atoms with Gasteiger partial charge in [0.2, 0.25) is 5.82 Å². The number of rotatable bonds is 1. The Morgan fingerprint density at radius 3 is 3.07 bits per heavy atom. The lowest BCUT2D eigenvalue weighted by atomic mass is 10.5. The summed E-state index contributed by atoms with van der Waals surface area (Å²) in [5.41, 5.74) is 1.07. The second-order valence-electron chi connectivity index (χ2n) is 2.43. The highest BCUT2D eigenvalue weighted by Crippen LogP contribution is 2.16. The molecule has 0 spiro atoms. The number of hydrogen-bond donors (Lipinski definition) is 1. The maximum Gasteiger partial charge on any atom is 0.376 e. The summed E-state index contributed by atoms with van der Waals surface area (Å²) in [6, 6.07) is 0. The summed E-state index contributed by atoms with van der Waals surface area (Å²) < 4.78 is 4.98. The molecule has 0 aliphatic rings. The van der Waals surface area contributed by atoms with Gasteiger partial charge < -0.3 is 9.72 Å². The number of aromatic amines is 1. The molecule has 0 fully saturated rings. The molecular formula is C7H5BrN4O2. The molecular weight excluding hydrogens is 252 g/mol. The normalized spacial score (nSPS) is 10.4. The van der Waals surface area contributed by atoms with Gasteiger partial charge in [-0.2, -0.15) is 0 Å². The third-order valence-corrected chi connectivity index (χ3v) is 2.18. The standard InChI is InChI=1S/C7H5BrN4O2/c1-14-7(13)6-11-4(8)3-5(12-6)10-2-9-3/h2H,1H3,(H,9,10,11,12). The summed E-state index contributed by atoms with van der Waals surface area (Å²) in [5.74, 6) is -0.602. The molecule has 0 radical (unpaired) electrons. The van der Waals surface area contributed by atoms with Crippen molar-refractivity contribution in [1.82, 2.24) is 19.9 Å². The van der Waals surface area contributed by atoms with E-state index in [0.29, 0.717) is 15.8 Å². The van der Waals surface area contributed by atoms with Crippen molar-refractivity contribution in [3.8, 4) is 0 Å². The monoisotopic (exact) mass is 256 g/mol. The van der Waals surface area contributed by atoms with Crippen LogP contribution in [-0.4, -0.2) is 33.0 Å². The van der Waals surface area contributed by atoms with Crippen LogP contribution >= 0.6 is 15.9 Å². The van der Waals surface area contributed by atoms with E-state index in [1.165, 1.54) is 13.4 Å². The van der Waals surface area contributed by atoms with Gasteiger partial charge in [0.1, 0.15) is 10.1 Å². The van der Waals surface area contributed by atoms with Gasteiger partial charge in [0.15, 0.2) is 5.65 Å². The van der Waals surface area contributed by atoms with E-state index in [1.54, 1.807) is 0 Å². The van der Waals surface area contributed by atoms with Crippen LogP contribution in [0.15, 0.2) is 10.9 Å². The minimum atomic E-state index is -0.587. The van der Waals surface area contributed by atoms with E-state index in [0.717, 1.165) is 0 Å². The lowest BCUT2D eigenvalue weighted by molar-refractivity contribution is 0.0587. The van der Waals surface area contributed by atoms with Crippen LogP contribution in [0.25, 0.3) is 11.2 Å². The van der Waals surface area contributed by atoms with E-state index >= 15 is 0 Å². The SMILES string of the molecule is COC(=O)c1nc(Br)c2[nH]cnc2n1. The average molecular weight is 257 g/mol. The second-order valence-corrected chi connectivity index (χ2v) is 3.18. The van der Waals surface area contributed by atoms with Gasteiger partial charge in [-0.05, 0) is 15.9 Å². The third-order valence-electron chi connectivity index (χ3n) is 1.61. The van der Waals surface area contributed by atoms with Crippen molar-refractivity contribution in [1.29, 1.82) is 0 Å². The van der Waals surface area contributed by atoms with E-state index < -0.39 is 5.97 Å². The first kappa shape index (κ1) is 9.07. The van der Waals surface area contributed by atoms with Crippen LogP contribution in [0.3, 0.4) is 0 Å². The molecule has 0 unspecified atom stereocenters. The molecule has 14 heavy (non-hydrogen) atoms. The van der Waals surface area contributed by atoms with Crippen molar-refractivity contribution < 1.29 is 9.53 Å². The van der Waals surface area contributed by atoms with Gasteiger partial charge >= 0.3 is 5.97 Å². The molecule has 0 amide bonds. The van der Waals surface area contributed by atoms with Crippen molar-refractivity contribution in [3.63, 3.8) is 0 Å². The highest BCUT2D eigenvalue weighted by molar-refractivity contribution is 9.10. The molecule has 0 saturated carbocycles. The number of imidazole rings is 1. The molecule has 2 rings (SSSR count). The van der Waals surface area contributed by atoms with E-state index in [1.807, 2.05) is 0 Å². The number of fused-ring (bicyclic) bond motifs is 1. The average Bonchev–Trinajstić information content (AvgIpc) is 2.64. The Kier molecular flexibility index (Phi) is 2.16. The van der Waals surface area contributed by atoms with Gasteiger partial charge in [-0.1, -0.05) is 0 Å². The van der Waals surface area contributed by atoms with Crippen molar-refractivity contribution in [2.24, 2.45) is 0 Å². The van der Waals surface area contributed by atoms with Gasteiger partial charge in [-0.15, -0.1) is 0 Å². The van der Waals surface area contributed by atoms with Crippen LogP contribution in [0, 0.1) is 0 Å². The van der Waals surface area contributed by atoms with Crippen LogP contribution in [0.2, 0.25) is 0 Å². The molecule has 2 aromatic heterocycles. The van der Waals surface area contributed by atoms with Crippen LogP contribution < -0.4 is 0 Å². The molecule has 0 aromatic carbocycles. The van der Waals surface area contributed by atoms with Crippen molar-refractivity contribution >= 4 is 33.1 Å². The number of hydrogen-bond acceptors (Lipinski definition) is 5. The van der Waals surface area contributed by atoms with Gasteiger partial charge in [0.05, 0.1) is 13.4 Å². The van der Waals surface area contributed by atoms with Crippen molar-refractivity contribution in [2.75, 3.05) is 7.11 Å². The lowest BCUT2D eigenvalue weighted by Crippen LogP contribution is -2.07. The maximum atomic E-state index is 11.1. The zero-order valence-electron chi connectivity index (χ0n) is 7.11. The predicted molar refractivity (Wildman–Crippen MR) is 50.7 cm³/mol. The third kappa shape index (κ3) is 1.35. The zero-order valence-corrected chi connectivity index (χ0v) is 8.70. The highest BCUT2D eigenvalue weighted by atomic mass is 79.9.